The van der Waals surface area contributed by atoms with Gasteiger partial charge in [0.25, 0.3) is 4.84 Å². The van der Waals surface area contributed by atoms with Crippen LogP contribution in [0, 0.1) is 4.84 Å². The molecule has 0 spiro atoms. The Kier molecular flexibility index (Phi) is 9.10. The van der Waals surface area contributed by atoms with Gasteiger partial charge in [-0.3, -0.25) is 5.32 Å². The van der Waals surface area contributed by atoms with Crippen LogP contribution in [-0.4, -0.2) is 51.4 Å². The lowest BCUT2D eigenvalue weighted by Gasteiger charge is -2.19. The second kappa shape index (κ2) is 10.8. The second-order valence-electron chi connectivity index (χ2n) is 6.59. The fraction of sp³-hybridized carbons (Fsp3) is 0.556. The smallest absolute Gasteiger partial charge is 0.413 e. The summed E-state index contributed by atoms with van der Waals surface area (Å²) in [5.74, 6) is 0.658. The zero-order valence-corrected chi connectivity index (χ0v) is 17.6. The molecule has 0 aliphatic carbocycles. The van der Waals surface area contributed by atoms with Crippen LogP contribution in [0.15, 0.2) is 22.7 Å². The summed E-state index contributed by atoms with van der Waals surface area (Å²) in [6, 6.07) is 3.30. The quantitative estimate of drug-likeness (QED) is 0.720. The fourth-order valence-electron chi connectivity index (χ4n) is 2.06. The summed E-state index contributed by atoms with van der Waals surface area (Å²) in [7, 11) is 0. The summed E-state index contributed by atoms with van der Waals surface area (Å²) in [6.07, 6.45) is 0.944. The number of hydrogen-bond acceptors (Lipinski definition) is 7. The van der Waals surface area contributed by atoms with Crippen molar-refractivity contribution in [2.24, 2.45) is 0 Å². The van der Waals surface area contributed by atoms with Gasteiger partial charge in [0.1, 0.15) is 11.4 Å². The largest absolute Gasteiger partial charge is 0.444 e. The Balaban J connectivity index is 0.000000445. The average molecular weight is 396 g/mol. The lowest BCUT2D eigenvalue weighted by Crippen LogP contribution is -2.27. The maximum absolute atomic E-state index is 11.6. The van der Waals surface area contributed by atoms with Gasteiger partial charge >= 0.3 is 6.09 Å². The molecule has 9 heteroatoms. The van der Waals surface area contributed by atoms with Gasteiger partial charge in [-0.1, -0.05) is 20.8 Å². The summed E-state index contributed by atoms with van der Waals surface area (Å²) in [6.45, 7) is 15.5. The molecule has 27 heavy (non-hydrogen) atoms. The molecular formula is C18H29N5O3S. The number of carbonyl (C=O) groups excluding carboxylic acids is 1. The molecule has 2 heterocycles. The Morgan fingerprint density at radius 1 is 1.30 bits per heavy atom. The van der Waals surface area contributed by atoms with Crippen LogP contribution in [-0.2, 0) is 4.74 Å². The molecule has 0 aromatic carbocycles. The highest BCUT2D eigenvalue weighted by Gasteiger charge is 2.17. The number of amides is 1. The Labute approximate surface area is 165 Å². The number of nitrogens with zero attached hydrogens (tertiary/aromatic N) is 3. The Hall–Kier alpha value is -2.26. The van der Waals surface area contributed by atoms with Crippen LogP contribution >= 0.6 is 12.2 Å². The number of nitrogens with one attached hydrogen (secondary N) is 2. The van der Waals surface area contributed by atoms with E-state index in [4.69, 9.17) is 21.4 Å². The molecule has 0 saturated carbocycles. The van der Waals surface area contributed by atoms with Crippen molar-refractivity contribution in [3.8, 4) is 11.5 Å². The van der Waals surface area contributed by atoms with E-state index in [0.717, 1.165) is 0 Å². The third-order valence-corrected chi connectivity index (χ3v) is 3.59. The molecule has 150 valence electrons. The zero-order valence-electron chi connectivity index (χ0n) is 16.8. The number of anilines is 1. The van der Waals surface area contributed by atoms with Crippen molar-refractivity contribution >= 4 is 24.1 Å². The van der Waals surface area contributed by atoms with Gasteiger partial charge in [-0.2, -0.15) is 0 Å². The molecule has 0 bridgehead atoms. The maximum atomic E-state index is 11.6. The molecular weight excluding hydrogens is 366 g/mol. The molecule has 0 unspecified atom stereocenters. The molecule has 0 aliphatic heterocycles. The number of aromatic amines is 1. The lowest BCUT2D eigenvalue weighted by molar-refractivity contribution is 0.0635. The first-order valence-corrected chi connectivity index (χ1v) is 9.33. The zero-order chi connectivity index (χ0) is 20.4. The van der Waals surface area contributed by atoms with Gasteiger partial charge in [-0.15, -0.1) is 5.10 Å². The third kappa shape index (κ3) is 8.78. The van der Waals surface area contributed by atoms with Gasteiger partial charge in [0.15, 0.2) is 0 Å². The number of carbonyl (C=O) groups is 1. The molecule has 2 aromatic heterocycles. The van der Waals surface area contributed by atoms with Crippen LogP contribution < -0.4 is 5.32 Å². The molecule has 0 atom stereocenters. The predicted molar refractivity (Wildman–Crippen MR) is 108 cm³/mol. The van der Waals surface area contributed by atoms with Gasteiger partial charge in [0.2, 0.25) is 5.89 Å². The minimum atomic E-state index is -0.579. The molecule has 2 rings (SSSR count). The molecule has 2 N–H and O–H groups in total. The summed E-state index contributed by atoms with van der Waals surface area (Å²) >= 11 is 4.81. The van der Waals surface area contributed by atoms with E-state index in [1.54, 1.807) is 32.9 Å². The fourth-order valence-corrected chi connectivity index (χ4v) is 2.19. The van der Waals surface area contributed by atoms with Crippen LogP contribution in [0.1, 0.15) is 41.5 Å². The van der Waals surface area contributed by atoms with Crippen molar-refractivity contribution in [3.63, 3.8) is 0 Å². The average Bonchev–Trinajstić information content (AvgIpc) is 3.02. The van der Waals surface area contributed by atoms with E-state index in [0.29, 0.717) is 17.3 Å². The summed E-state index contributed by atoms with van der Waals surface area (Å²) in [5, 5.41) is 8.96. The van der Waals surface area contributed by atoms with E-state index in [2.05, 4.69) is 46.2 Å². The minimum absolute atomic E-state index is 0.179. The van der Waals surface area contributed by atoms with Gasteiger partial charge < -0.3 is 14.1 Å². The van der Waals surface area contributed by atoms with Crippen molar-refractivity contribution in [2.45, 2.75) is 47.1 Å². The topological polar surface area (TPSA) is 96.3 Å². The molecule has 0 radical (unpaired) electrons. The number of ether oxygens (including phenoxy) is 1. The second-order valence-corrected chi connectivity index (χ2v) is 6.97. The third-order valence-electron chi connectivity index (χ3n) is 3.42. The molecule has 1 amide bonds. The van der Waals surface area contributed by atoms with Gasteiger partial charge in [0, 0.05) is 11.8 Å². The van der Waals surface area contributed by atoms with Crippen LogP contribution in [0.4, 0.5) is 10.6 Å². The van der Waals surface area contributed by atoms with E-state index >= 15 is 0 Å². The highest BCUT2D eigenvalue weighted by atomic mass is 32.1. The van der Waals surface area contributed by atoms with Crippen molar-refractivity contribution < 1.29 is 13.9 Å². The van der Waals surface area contributed by atoms with E-state index in [9.17, 15) is 4.79 Å². The van der Waals surface area contributed by atoms with Crippen LogP contribution in [0.25, 0.3) is 11.5 Å². The van der Waals surface area contributed by atoms with Crippen LogP contribution in [0.2, 0.25) is 0 Å². The molecule has 8 nitrogen and oxygen atoms in total. The van der Waals surface area contributed by atoms with Crippen molar-refractivity contribution in [2.75, 3.05) is 25.0 Å². The highest BCUT2D eigenvalue weighted by Crippen LogP contribution is 2.19. The monoisotopic (exact) mass is 395 g/mol. The van der Waals surface area contributed by atoms with Crippen molar-refractivity contribution in [1.82, 2.24) is 20.1 Å². The van der Waals surface area contributed by atoms with E-state index in [1.165, 1.54) is 25.8 Å². The number of aromatic nitrogens is 3. The van der Waals surface area contributed by atoms with Crippen LogP contribution in [0.5, 0.6) is 0 Å². The molecule has 0 fully saturated rings. The molecule has 0 aliphatic rings. The summed E-state index contributed by atoms with van der Waals surface area (Å²) in [5.41, 5.74) is 0.0644. The predicted octanol–water partition coefficient (Wildman–Crippen LogP) is 4.49. The number of rotatable bonds is 5. The minimum Gasteiger partial charge on any atom is -0.444 e. The maximum Gasteiger partial charge on any atom is 0.413 e. The molecule has 0 saturated heterocycles. The van der Waals surface area contributed by atoms with E-state index in [1.807, 2.05) is 0 Å². The Bertz CT molecular complexity index is 757. The Morgan fingerprint density at radius 3 is 2.37 bits per heavy atom. The SMILES string of the molecule is CC(C)(C)OC(=O)Nc1cc(-c2n[nH]c(=S)o2)ccn1.CCN(CC)CC. The highest BCUT2D eigenvalue weighted by molar-refractivity contribution is 7.71. The number of hydrogen-bond donors (Lipinski definition) is 2. The standard InChI is InChI=1S/C12H14N4O3S.C6H15N/c1-12(2,3)19-10(17)14-8-6-7(4-5-13-8)9-15-16-11(20)18-9;1-4-7(5-2)6-3/h4-6H,1-3H3,(H,16,20)(H,13,14,17);4-6H2,1-3H3. The number of pyridine rings is 1. The van der Waals surface area contributed by atoms with Crippen molar-refractivity contribution in [3.05, 3.63) is 23.2 Å². The molecule has 2 aromatic rings. The first-order valence-electron chi connectivity index (χ1n) is 8.92. The van der Waals surface area contributed by atoms with E-state index < -0.39 is 11.7 Å². The lowest BCUT2D eigenvalue weighted by atomic mass is 10.2. The summed E-state index contributed by atoms with van der Waals surface area (Å²) < 4.78 is 10.3. The van der Waals surface area contributed by atoms with Gasteiger partial charge in [-0.05, 0) is 64.8 Å². The van der Waals surface area contributed by atoms with Gasteiger partial charge in [-0.25, -0.2) is 14.9 Å². The van der Waals surface area contributed by atoms with Crippen molar-refractivity contribution in [1.29, 1.82) is 0 Å². The van der Waals surface area contributed by atoms with Crippen LogP contribution in [0.3, 0.4) is 0 Å². The first-order chi connectivity index (χ1) is 12.7. The summed E-state index contributed by atoms with van der Waals surface area (Å²) in [4.78, 5) is 18.2. The van der Waals surface area contributed by atoms with Gasteiger partial charge in [0.05, 0.1) is 0 Å². The first kappa shape index (κ1) is 22.8. The van der Waals surface area contributed by atoms with E-state index in [-0.39, 0.29) is 4.84 Å². The normalized spacial score (nSPS) is 10.9. The number of H-pyrrole nitrogens is 1. The Morgan fingerprint density at radius 2 is 1.93 bits per heavy atom.